The number of ether oxygens (including phenoxy) is 1. The van der Waals surface area contributed by atoms with Crippen molar-refractivity contribution in [2.45, 2.75) is 18.8 Å². The topological polar surface area (TPSA) is 101 Å². The lowest BCUT2D eigenvalue weighted by Crippen LogP contribution is -2.21. The third-order valence-electron chi connectivity index (χ3n) is 4.60. The van der Waals surface area contributed by atoms with E-state index in [0.717, 1.165) is 17.7 Å². The minimum atomic E-state index is -1.63. The number of aromatic nitrogens is 2. The van der Waals surface area contributed by atoms with Crippen LogP contribution in [0, 0.1) is 17.5 Å². The number of methoxy groups -OCH3 is 1. The molecule has 4 N–H and O–H groups in total. The van der Waals surface area contributed by atoms with Crippen LogP contribution in [0.1, 0.15) is 34.7 Å². The van der Waals surface area contributed by atoms with Crippen LogP contribution in [0.25, 0.3) is 0 Å². The number of hydrogen-bond acceptors (Lipinski definition) is 3. The van der Waals surface area contributed by atoms with E-state index >= 15 is 0 Å². The molecule has 0 saturated carbocycles. The van der Waals surface area contributed by atoms with E-state index < -0.39 is 34.8 Å². The van der Waals surface area contributed by atoms with Crippen LogP contribution in [0.15, 0.2) is 41.2 Å². The largest absolute Gasteiger partial charge is 0.497 e. The Hall–Kier alpha value is -3.49. The first kappa shape index (κ1) is 20.2. The van der Waals surface area contributed by atoms with Crippen molar-refractivity contribution in [3.8, 4) is 5.75 Å². The number of primary amides is 1. The van der Waals surface area contributed by atoms with Gasteiger partial charge in [-0.15, -0.1) is 0 Å². The van der Waals surface area contributed by atoms with E-state index in [2.05, 4.69) is 10.2 Å². The maximum absolute atomic E-state index is 13.8. The van der Waals surface area contributed by atoms with E-state index in [1.54, 1.807) is 24.3 Å². The number of amides is 1. The zero-order chi connectivity index (χ0) is 21.1. The quantitative estimate of drug-likeness (QED) is 0.527. The van der Waals surface area contributed by atoms with Crippen LogP contribution in [0.3, 0.4) is 0 Å². The molecule has 9 heteroatoms. The van der Waals surface area contributed by atoms with Gasteiger partial charge in [0, 0.05) is 30.0 Å². The minimum absolute atomic E-state index is 0.0683. The summed E-state index contributed by atoms with van der Waals surface area (Å²) in [4.78, 5) is 24.0. The van der Waals surface area contributed by atoms with Crippen LogP contribution in [0.5, 0.6) is 5.75 Å². The van der Waals surface area contributed by atoms with Gasteiger partial charge in [0.15, 0.2) is 17.5 Å². The van der Waals surface area contributed by atoms with Crippen molar-refractivity contribution in [1.82, 2.24) is 10.2 Å². The number of benzene rings is 2. The number of nitrogens with one attached hydrogen (secondary N) is 2. The fourth-order valence-corrected chi connectivity index (χ4v) is 3.22. The number of aromatic amines is 2. The Labute approximate surface area is 163 Å². The first-order valence-corrected chi connectivity index (χ1v) is 8.65. The highest BCUT2D eigenvalue weighted by Crippen LogP contribution is 2.30. The zero-order valence-electron chi connectivity index (χ0n) is 15.4. The van der Waals surface area contributed by atoms with E-state index in [9.17, 15) is 22.8 Å². The van der Waals surface area contributed by atoms with Gasteiger partial charge in [-0.05, 0) is 35.4 Å². The second-order valence-corrected chi connectivity index (χ2v) is 6.52. The lowest BCUT2D eigenvalue weighted by atomic mass is 9.87. The fourth-order valence-electron chi connectivity index (χ4n) is 3.22. The number of carbonyl (C=O) groups excluding carboxylic acids is 1. The number of rotatable bonds is 7. The first-order valence-electron chi connectivity index (χ1n) is 8.65. The van der Waals surface area contributed by atoms with Crippen molar-refractivity contribution in [2.24, 2.45) is 5.73 Å². The van der Waals surface area contributed by atoms with Crippen LogP contribution in [0.4, 0.5) is 13.2 Å². The monoisotopic (exact) mass is 405 g/mol. The molecule has 29 heavy (non-hydrogen) atoms. The Morgan fingerprint density at radius 2 is 1.72 bits per heavy atom. The molecule has 1 heterocycles. The number of hydrogen-bond donors (Lipinski definition) is 3. The van der Waals surface area contributed by atoms with Gasteiger partial charge in [-0.25, -0.2) is 13.2 Å². The van der Waals surface area contributed by atoms with Crippen molar-refractivity contribution in [3.05, 3.63) is 86.6 Å². The number of halogens is 3. The lowest BCUT2D eigenvalue weighted by Gasteiger charge is -2.16. The van der Waals surface area contributed by atoms with Crippen LogP contribution in [-0.2, 0) is 11.2 Å². The van der Waals surface area contributed by atoms with Crippen molar-refractivity contribution in [2.75, 3.05) is 7.11 Å². The molecule has 152 valence electrons. The summed E-state index contributed by atoms with van der Waals surface area (Å²) in [5, 5.41) is 5.16. The van der Waals surface area contributed by atoms with Crippen LogP contribution < -0.4 is 16.0 Å². The second-order valence-electron chi connectivity index (χ2n) is 6.52. The standard InChI is InChI=1S/C20H18F3N3O3/c1-29-12-4-2-10(3-5-12)6-16-18(20(28)26-25-16)13(9-17(24)27)11-7-14(21)19(23)15(22)8-11/h2-5,7-8,13H,6,9H2,1H3,(H2,24,27)(H2,25,26,28)/t13-/m1/s1. The molecule has 6 nitrogen and oxygen atoms in total. The molecule has 3 aromatic rings. The normalized spacial score (nSPS) is 12.0. The number of H-pyrrole nitrogens is 2. The third kappa shape index (κ3) is 4.34. The summed E-state index contributed by atoms with van der Waals surface area (Å²) < 4.78 is 46.0. The summed E-state index contributed by atoms with van der Waals surface area (Å²) in [5.41, 5.74) is 5.99. The molecule has 1 atom stereocenters. The minimum Gasteiger partial charge on any atom is -0.497 e. The van der Waals surface area contributed by atoms with Crippen LogP contribution in [0.2, 0.25) is 0 Å². The van der Waals surface area contributed by atoms with Gasteiger partial charge in [0.05, 0.1) is 7.11 Å². The fraction of sp³-hybridized carbons (Fsp3) is 0.200. The summed E-state index contributed by atoms with van der Waals surface area (Å²) in [5.74, 6) is -5.65. The maximum atomic E-state index is 13.8. The van der Waals surface area contributed by atoms with Crippen molar-refractivity contribution < 1.29 is 22.7 Å². The number of nitrogens with two attached hydrogens (primary N) is 1. The molecule has 0 bridgehead atoms. The van der Waals surface area contributed by atoms with E-state index in [1.165, 1.54) is 7.11 Å². The van der Waals surface area contributed by atoms with E-state index in [0.29, 0.717) is 11.4 Å². The highest BCUT2D eigenvalue weighted by atomic mass is 19.2. The summed E-state index contributed by atoms with van der Waals surface area (Å²) in [6.45, 7) is 0. The summed E-state index contributed by atoms with van der Waals surface area (Å²) in [7, 11) is 1.53. The lowest BCUT2D eigenvalue weighted by molar-refractivity contribution is -0.118. The molecule has 1 amide bonds. The van der Waals surface area contributed by atoms with Gasteiger partial charge in [-0.1, -0.05) is 12.1 Å². The van der Waals surface area contributed by atoms with Crippen LogP contribution >= 0.6 is 0 Å². The van der Waals surface area contributed by atoms with E-state index in [1.807, 2.05) is 0 Å². The Morgan fingerprint density at radius 1 is 1.10 bits per heavy atom. The van der Waals surface area contributed by atoms with Crippen molar-refractivity contribution >= 4 is 5.91 Å². The molecule has 0 spiro atoms. The highest BCUT2D eigenvalue weighted by molar-refractivity contribution is 5.75. The molecule has 0 saturated heterocycles. The molecule has 0 aliphatic heterocycles. The molecule has 0 aliphatic carbocycles. The number of carbonyl (C=O) groups is 1. The molecule has 3 rings (SSSR count). The molecular formula is C20H18F3N3O3. The molecule has 0 unspecified atom stereocenters. The SMILES string of the molecule is COc1ccc(Cc2[nH][nH]c(=O)c2[C@H](CC(N)=O)c2cc(F)c(F)c(F)c2)cc1. The molecule has 0 aliphatic rings. The van der Waals surface area contributed by atoms with E-state index in [-0.39, 0.29) is 24.0 Å². The van der Waals surface area contributed by atoms with Gasteiger partial charge in [0.2, 0.25) is 5.91 Å². The molecule has 0 radical (unpaired) electrons. The van der Waals surface area contributed by atoms with Crippen molar-refractivity contribution in [3.63, 3.8) is 0 Å². The van der Waals surface area contributed by atoms with Crippen molar-refractivity contribution in [1.29, 1.82) is 0 Å². The van der Waals surface area contributed by atoms with Crippen LogP contribution in [-0.4, -0.2) is 23.2 Å². The Bertz CT molecular complexity index is 1070. The van der Waals surface area contributed by atoms with Gasteiger partial charge in [-0.3, -0.25) is 14.7 Å². The highest BCUT2D eigenvalue weighted by Gasteiger charge is 2.27. The Morgan fingerprint density at radius 3 is 2.28 bits per heavy atom. The third-order valence-corrected chi connectivity index (χ3v) is 4.60. The summed E-state index contributed by atoms with van der Waals surface area (Å²) >= 11 is 0. The predicted octanol–water partition coefficient (Wildman–Crippen LogP) is 2.73. The van der Waals surface area contributed by atoms with Gasteiger partial charge in [0.25, 0.3) is 5.56 Å². The molecule has 0 fully saturated rings. The van der Waals surface area contributed by atoms with Gasteiger partial charge in [0.1, 0.15) is 5.75 Å². The summed E-state index contributed by atoms with van der Waals surface area (Å²) in [6.07, 6.45) is -0.124. The first-order chi connectivity index (χ1) is 13.8. The molecule has 2 aromatic carbocycles. The van der Waals surface area contributed by atoms with Gasteiger partial charge < -0.3 is 15.6 Å². The zero-order valence-corrected chi connectivity index (χ0v) is 15.4. The molecule has 1 aromatic heterocycles. The maximum Gasteiger partial charge on any atom is 0.267 e. The van der Waals surface area contributed by atoms with Gasteiger partial charge >= 0.3 is 0 Å². The predicted molar refractivity (Wildman–Crippen MR) is 99.2 cm³/mol. The Balaban J connectivity index is 2.06. The van der Waals surface area contributed by atoms with E-state index in [4.69, 9.17) is 10.5 Å². The smallest absolute Gasteiger partial charge is 0.267 e. The molecular weight excluding hydrogens is 387 g/mol. The average Bonchev–Trinajstić information content (AvgIpc) is 3.04. The second kappa shape index (κ2) is 8.26. The Kier molecular flexibility index (Phi) is 5.76. The average molecular weight is 405 g/mol. The summed E-state index contributed by atoms with van der Waals surface area (Å²) in [6, 6.07) is 8.57. The van der Waals surface area contributed by atoms with Gasteiger partial charge in [-0.2, -0.15) is 0 Å².